The van der Waals surface area contributed by atoms with Crippen molar-refractivity contribution in [2.24, 2.45) is 5.92 Å². The molecule has 0 radical (unpaired) electrons. The van der Waals surface area contributed by atoms with E-state index in [1.807, 2.05) is 41.3 Å². The Morgan fingerprint density at radius 1 is 1.10 bits per heavy atom. The highest BCUT2D eigenvalue weighted by Gasteiger charge is 2.32. The second kappa shape index (κ2) is 8.46. The van der Waals surface area contributed by atoms with E-state index in [2.05, 4.69) is 0 Å². The van der Waals surface area contributed by atoms with Crippen LogP contribution in [0, 0.1) is 5.92 Å². The quantitative estimate of drug-likeness (QED) is 0.714. The molecule has 1 aliphatic carbocycles. The average molecular weight is 413 g/mol. The summed E-state index contributed by atoms with van der Waals surface area (Å²) in [5.41, 5.74) is 2.67. The molecule has 5 nitrogen and oxygen atoms in total. The highest BCUT2D eigenvalue weighted by atomic mass is 35.5. The number of halogens is 1. The molecule has 1 aliphatic heterocycles. The van der Waals surface area contributed by atoms with Crippen LogP contribution in [0.15, 0.2) is 48.5 Å². The lowest BCUT2D eigenvalue weighted by atomic mass is 9.84. The number of hydrogen-bond acceptors (Lipinski definition) is 2. The maximum absolute atomic E-state index is 12.8. The molecule has 2 aromatic carbocycles. The van der Waals surface area contributed by atoms with Crippen LogP contribution in [0.3, 0.4) is 0 Å². The number of anilines is 1. The number of carbonyl (C=O) groups is 2. The van der Waals surface area contributed by atoms with E-state index in [9.17, 15) is 14.7 Å². The molecule has 0 bridgehead atoms. The van der Waals surface area contributed by atoms with Gasteiger partial charge in [0.2, 0.25) is 0 Å². The molecule has 2 fully saturated rings. The number of rotatable bonds is 6. The molecule has 6 heteroatoms. The zero-order chi connectivity index (χ0) is 20.4. The van der Waals surface area contributed by atoms with E-state index in [0.29, 0.717) is 24.7 Å². The zero-order valence-electron chi connectivity index (χ0n) is 16.3. The Morgan fingerprint density at radius 3 is 2.48 bits per heavy atom. The number of carbonyl (C=O) groups excluding carboxylic acids is 1. The number of urea groups is 1. The smallest absolute Gasteiger partial charge is 0.324 e. The Morgan fingerprint density at radius 2 is 1.83 bits per heavy atom. The van der Waals surface area contributed by atoms with E-state index < -0.39 is 11.9 Å². The number of nitrogens with zero attached hydrogens (tertiary/aromatic N) is 2. The highest BCUT2D eigenvalue weighted by Crippen LogP contribution is 2.37. The molecular formula is C23H25ClN2O3. The van der Waals surface area contributed by atoms with Crippen LogP contribution in [0.2, 0.25) is 5.02 Å². The lowest BCUT2D eigenvalue weighted by molar-refractivity contribution is -0.140. The van der Waals surface area contributed by atoms with E-state index in [1.54, 1.807) is 17.0 Å². The monoisotopic (exact) mass is 412 g/mol. The second-order valence-corrected chi connectivity index (χ2v) is 8.37. The Labute approximate surface area is 175 Å². The first-order valence-corrected chi connectivity index (χ1v) is 10.5. The minimum absolute atomic E-state index is 0.0364. The first-order valence-electron chi connectivity index (χ1n) is 10.2. The normalized spacial score (nSPS) is 18.4. The predicted octanol–water partition coefficient (Wildman–Crippen LogP) is 5.14. The second-order valence-electron chi connectivity index (χ2n) is 7.94. The van der Waals surface area contributed by atoms with E-state index in [0.717, 1.165) is 42.5 Å². The van der Waals surface area contributed by atoms with Crippen molar-refractivity contribution >= 4 is 29.3 Å². The summed E-state index contributed by atoms with van der Waals surface area (Å²) in [6.45, 7) is 1.78. The van der Waals surface area contributed by atoms with Gasteiger partial charge >= 0.3 is 12.0 Å². The van der Waals surface area contributed by atoms with Crippen molar-refractivity contribution in [2.75, 3.05) is 18.0 Å². The number of aliphatic carboxylic acids is 1. The van der Waals surface area contributed by atoms with Gasteiger partial charge in [-0.3, -0.25) is 9.69 Å². The van der Waals surface area contributed by atoms with Crippen molar-refractivity contribution in [3.8, 4) is 0 Å². The van der Waals surface area contributed by atoms with Gasteiger partial charge in [-0.05, 0) is 48.1 Å². The van der Waals surface area contributed by atoms with Crippen molar-refractivity contribution in [3.05, 3.63) is 64.7 Å². The van der Waals surface area contributed by atoms with Crippen molar-refractivity contribution < 1.29 is 14.7 Å². The van der Waals surface area contributed by atoms with Crippen LogP contribution < -0.4 is 4.90 Å². The molecule has 29 heavy (non-hydrogen) atoms. The van der Waals surface area contributed by atoms with Crippen molar-refractivity contribution in [1.82, 2.24) is 4.90 Å². The average Bonchev–Trinajstić information content (AvgIpc) is 3.34. The van der Waals surface area contributed by atoms with Crippen molar-refractivity contribution in [3.63, 3.8) is 0 Å². The molecule has 2 aromatic rings. The van der Waals surface area contributed by atoms with Gasteiger partial charge in [-0.25, -0.2) is 4.79 Å². The summed E-state index contributed by atoms with van der Waals surface area (Å²) in [7, 11) is 0. The van der Waals surface area contributed by atoms with Crippen LogP contribution >= 0.6 is 11.6 Å². The third kappa shape index (κ3) is 4.25. The molecule has 1 saturated heterocycles. The van der Waals surface area contributed by atoms with E-state index >= 15 is 0 Å². The molecular weight excluding hydrogens is 388 g/mol. The fourth-order valence-electron chi connectivity index (χ4n) is 4.57. The van der Waals surface area contributed by atoms with E-state index in [-0.39, 0.29) is 11.9 Å². The van der Waals surface area contributed by atoms with Gasteiger partial charge in [0.1, 0.15) is 0 Å². The first kappa shape index (κ1) is 19.8. The van der Waals surface area contributed by atoms with Gasteiger partial charge in [0.25, 0.3) is 0 Å². The molecule has 1 N–H and O–H groups in total. The van der Waals surface area contributed by atoms with Crippen LogP contribution in [-0.4, -0.2) is 35.1 Å². The number of benzene rings is 2. The molecule has 4 rings (SSSR count). The molecule has 2 aliphatic rings. The maximum atomic E-state index is 12.8. The minimum Gasteiger partial charge on any atom is -0.481 e. The lowest BCUT2D eigenvalue weighted by Crippen LogP contribution is -2.31. The summed E-state index contributed by atoms with van der Waals surface area (Å²) in [6.07, 6.45) is 4.21. The van der Waals surface area contributed by atoms with Gasteiger partial charge in [0, 0.05) is 30.3 Å². The molecule has 0 spiro atoms. The number of carboxylic acid groups (broad SMARTS) is 1. The Hall–Kier alpha value is -2.53. The van der Waals surface area contributed by atoms with Gasteiger partial charge in [-0.15, -0.1) is 0 Å². The molecule has 0 aromatic heterocycles. The molecule has 152 valence electrons. The topological polar surface area (TPSA) is 60.9 Å². The van der Waals surface area contributed by atoms with E-state index in [1.165, 1.54) is 0 Å². The zero-order valence-corrected chi connectivity index (χ0v) is 17.0. The molecule has 2 amide bonds. The Kier molecular flexibility index (Phi) is 5.76. The summed E-state index contributed by atoms with van der Waals surface area (Å²) >= 11 is 6.05. The fourth-order valence-corrected chi connectivity index (χ4v) is 4.76. The van der Waals surface area contributed by atoms with Gasteiger partial charge in [0.15, 0.2) is 0 Å². The van der Waals surface area contributed by atoms with Gasteiger partial charge in [0.05, 0.1) is 5.92 Å². The van der Waals surface area contributed by atoms with Gasteiger partial charge in [-0.2, -0.15) is 0 Å². The minimum atomic E-state index is -0.739. The Balaban J connectivity index is 1.43. The first-order chi connectivity index (χ1) is 14.0. The molecule has 1 atom stereocenters. The van der Waals surface area contributed by atoms with Crippen LogP contribution in [0.4, 0.5) is 10.5 Å². The molecule has 1 unspecified atom stereocenters. The van der Waals surface area contributed by atoms with Gasteiger partial charge < -0.3 is 10.0 Å². The number of carboxylic acids is 1. The summed E-state index contributed by atoms with van der Waals surface area (Å²) in [5, 5.41) is 10.3. The lowest BCUT2D eigenvalue weighted by Gasteiger charge is -2.21. The SMILES string of the molecule is O=C(O)C(c1ccc(CN2CCN(c3cccc(Cl)c3)C2=O)cc1)C1CCCC1. The van der Waals surface area contributed by atoms with Gasteiger partial charge in [-0.1, -0.05) is 54.8 Å². The molecule has 1 saturated carbocycles. The summed E-state index contributed by atoms with van der Waals surface area (Å²) < 4.78 is 0. The van der Waals surface area contributed by atoms with Crippen molar-refractivity contribution in [1.29, 1.82) is 0 Å². The third-order valence-electron chi connectivity index (χ3n) is 6.06. The summed E-state index contributed by atoms with van der Waals surface area (Å²) in [6, 6.07) is 15.0. The maximum Gasteiger partial charge on any atom is 0.324 e. The summed E-state index contributed by atoms with van der Waals surface area (Å²) in [4.78, 5) is 28.2. The number of hydrogen-bond donors (Lipinski definition) is 1. The van der Waals surface area contributed by atoms with E-state index in [4.69, 9.17) is 11.6 Å². The van der Waals surface area contributed by atoms with Crippen LogP contribution in [0.5, 0.6) is 0 Å². The standard InChI is InChI=1S/C23H25ClN2O3/c24-19-6-3-7-20(14-19)26-13-12-25(23(26)29)15-16-8-10-18(11-9-16)21(22(27)28)17-4-1-2-5-17/h3,6-11,14,17,21H,1-2,4-5,12-13,15H2,(H,27,28). The number of amides is 2. The fraction of sp³-hybridized carbons (Fsp3) is 0.391. The van der Waals surface area contributed by atoms with Crippen molar-refractivity contribution in [2.45, 2.75) is 38.1 Å². The van der Waals surface area contributed by atoms with Crippen LogP contribution in [-0.2, 0) is 11.3 Å². The highest BCUT2D eigenvalue weighted by molar-refractivity contribution is 6.30. The summed E-state index contributed by atoms with van der Waals surface area (Å²) in [5.74, 6) is -0.945. The van der Waals surface area contributed by atoms with Crippen LogP contribution in [0.25, 0.3) is 0 Å². The van der Waals surface area contributed by atoms with Crippen LogP contribution in [0.1, 0.15) is 42.7 Å². The largest absolute Gasteiger partial charge is 0.481 e. The Bertz CT molecular complexity index is 893. The molecule has 1 heterocycles. The predicted molar refractivity (Wildman–Crippen MR) is 113 cm³/mol. The third-order valence-corrected chi connectivity index (χ3v) is 6.30.